The highest BCUT2D eigenvalue weighted by molar-refractivity contribution is 6.03. The summed E-state index contributed by atoms with van der Waals surface area (Å²) in [4.78, 5) is 15.4. The van der Waals surface area contributed by atoms with E-state index in [4.69, 9.17) is 5.84 Å². The Balaban J connectivity index is 2.24. The zero-order valence-electron chi connectivity index (χ0n) is 9.70. The number of rotatable bonds is 3. The number of nitrogens with zero attached hydrogens (tertiary/aromatic N) is 2. The number of aryl methyl sites for hydroxylation is 1. The van der Waals surface area contributed by atoms with Crippen molar-refractivity contribution in [2.45, 2.75) is 6.92 Å². The number of nitrogens with one attached hydrogen (secondary N) is 2. The highest BCUT2D eigenvalue weighted by Crippen LogP contribution is 2.20. The number of nitrogens with two attached hydrogens (primary N) is 1. The summed E-state index contributed by atoms with van der Waals surface area (Å²) in [6.45, 7) is 1.56. The molecule has 2 rings (SSSR count). The molecule has 0 bridgehead atoms. The van der Waals surface area contributed by atoms with Crippen LogP contribution in [0.4, 0.5) is 20.5 Å². The van der Waals surface area contributed by atoms with E-state index in [0.29, 0.717) is 5.82 Å². The second-order valence-corrected chi connectivity index (χ2v) is 3.56. The molecule has 0 unspecified atom stereocenters. The molecule has 0 spiro atoms. The summed E-state index contributed by atoms with van der Waals surface area (Å²) in [5, 5.41) is 5.66. The number of hydrazine groups is 1. The van der Waals surface area contributed by atoms with Gasteiger partial charge in [0.1, 0.15) is 5.69 Å². The lowest BCUT2D eigenvalue weighted by atomic mass is 10.1. The van der Waals surface area contributed by atoms with Gasteiger partial charge in [-0.15, -0.1) is 0 Å². The zero-order valence-corrected chi connectivity index (χ0v) is 9.70. The monoisotopic (exact) mass is 269 g/mol. The van der Waals surface area contributed by atoms with Gasteiger partial charge in [-0.1, -0.05) is 5.16 Å². The second kappa shape index (κ2) is 4.98. The average molecular weight is 269 g/mol. The molecular formula is C10H9F2N5O2. The fourth-order valence-corrected chi connectivity index (χ4v) is 1.36. The average Bonchev–Trinajstić information content (AvgIpc) is 2.74. The molecule has 2 aromatic rings. The first-order valence-corrected chi connectivity index (χ1v) is 5.08. The number of hydrogen-bond acceptors (Lipinski definition) is 6. The summed E-state index contributed by atoms with van der Waals surface area (Å²) in [5.74, 6) is 2.49. The Bertz CT molecular complexity index is 605. The van der Waals surface area contributed by atoms with Crippen LogP contribution in [0.15, 0.2) is 16.7 Å². The summed E-state index contributed by atoms with van der Waals surface area (Å²) in [6.07, 6.45) is 0. The number of nitrogen functional groups attached to an aromatic ring is 1. The highest BCUT2D eigenvalue weighted by Gasteiger charge is 2.16. The number of carbonyl (C=O) groups excluding carboxylic acids is 1. The molecule has 0 saturated carbocycles. The molecule has 7 nitrogen and oxygen atoms in total. The molecule has 0 aliphatic rings. The molecule has 1 amide bonds. The minimum atomic E-state index is -0.991. The molecule has 0 aliphatic heterocycles. The van der Waals surface area contributed by atoms with Crippen molar-refractivity contribution in [1.29, 1.82) is 0 Å². The van der Waals surface area contributed by atoms with Gasteiger partial charge < -0.3 is 9.95 Å². The Morgan fingerprint density at radius 1 is 1.37 bits per heavy atom. The predicted octanol–water partition coefficient (Wildman–Crippen LogP) is 1.19. The van der Waals surface area contributed by atoms with E-state index in [1.54, 1.807) is 6.92 Å². The number of benzene rings is 1. The van der Waals surface area contributed by atoms with Gasteiger partial charge >= 0.3 is 6.01 Å². The Morgan fingerprint density at radius 2 is 2.00 bits per heavy atom. The SMILES string of the molecule is Cc1noc(NC(=O)c2cc(F)c(NN)c(F)c2)n1. The van der Waals surface area contributed by atoms with E-state index in [-0.39, 0.29) is 11.6 Å². The first-order chi connectivity index (χ1) is 9.01. The standard InChI is InChI=1S/C10H9F2N5O2/c1-4-14-10(19-17-4)15-9(18)5-2-6(11)8(16-13)7(12)3-5/h2-3,16H,13H2,1H3,(H,14,15,17,18). The number of anilines is 2. The molecule has 0 aliphatic carbocycles. The number of amides is 1. The second-order valence-electron chi connectivity index (χ2n) is 3.56. The minimum absolute atomic E-state index is 0.163. The van der Waals surface area contributed by atoms with Crippen molar-refractivity contribution in [3.8, 4) is 0 Å². The van der Waals surface area contributed by atoms with Crippen LogP contribution in [0.5, 0.6) is 0 Å². The summed E-state index contributed by atoms with van der Waals surface area (Å²) in [5.41, 5.74) is 1.09. The van der Waals surface area contributed by atoms with Crippen molar-refractivity contribution >= 4 is 17.6 Å². The Morgan fingerprint density at radius 3 is 2.47 bits per heavy atom. The van der Waals surface area contributed by atoms with E-state index in [9.17, 15) is 13.6 Å². The molecule has 1 heterocycles. The molecule has 0 radical (unpaired) electrons. The molecule has 0 saturated heterocycles. The maximum Gasteiger partial charge on any atom is 0.328 e. The third-order valence-electron chi connectivity index (χ3n) is 2.20. The Labute approximate surface area is 105 Å². The van der Waals surface area contributed by atoms with Crippen LogP contribution in [-0.4, -0.2) is 16.0 Å². The van der Waals surface area contributed by atoms with E-state index >= 15 is 0 Å². The van der Waals surface area contributed by atoms with Crippen molar-refractivity contribution in [2.24, 2.45) is 5.84 Å². The maximum atomic E-state index is 13.4. The van der Waals surface area contributed by atoms with Gasteiger partial charge in [0.25, 0.3) is 5.91 Å². The third-order valence-corrected chi connectivity index (χ3v) is 2.20. The van der Waals surface area contributed by atoms with E-state index in [2.05, 4.69) is 20.0 Å². The van der Waals surface area contributed by atoms with Gasteiger partial charge in [-0.3, -0.25) is 16.0 Å². The van der Waals surface area contributed by atoms with E-state index in [1.165, 1.54) is 0 Å². The quantitative estimate of drug-likeness (QED) is 0.571. The van der Waals surface area contributed by atoms with Gasteiger partial charge in [0.2, 0.25) is 0 Å². The lowest BCUT2D eigenvalue weighted by Gasteiger charge is -2.06. The fraction of sp³-hybridized carbons (Fsp3) is 0.100. The number of aromatic nitrogens is 2. The van der Waals surface area contributed by atoms with Gasteiger partial charge in [-0.05, 0) is 19.1 Å². The topological polar surface area (TPSA) is 106 Å². The molecule has 0 atom stereocenters. The molecule has 1 aromatic heterocycles. The molecular weight excluding hydrogens is 260 g/mol. The van der Waals surface area contributed by atoms with Crippen molar-refractivity contribution < 1.29 is 18.1 Å². The summed E-state index contributed by atoms with van der Waals surface area (Å²) >= 11 is 0. The summed E-state index contributed by atoms with van der Waals surface area (Å²) < 4.78 is 31.5. The molecule has 0 fully saturated rings. The molecule has 19 heavy (non-hydrogen) atoms. The van der Waals surface area contributed by atoms with Gasteiger partial charge in [0.15, 0.2) is 17.5 Å². The normalized spacial score (nSPS) is 10.3. The summed E-state index contributed by atoms with van der Waals surface area (Å²) in [6, 6.07) is 1.50. The molecule has 9 heteroatoms. The van der Waals surface area contributed by atoms with E-state index < -0.39 is 23.2 Å². The minimum Gasteiger partial charge on any atom is -0.319 e. The van der Waals surface area contributed by atoms with Crippen molar-refractivity contribution in [2.75, 3.05) is 10.7 Å². The number of hydrogen-bond donors (Lipinski definition) is 3. The maximum absolute atomic E-state index is 13.4. The smallest absolute Gasteiger partial charge is 0.319 e. The zero-order chi connectivity index (χ0) is 14.0. The fourth-order valence-electron chi connectivity index (χ4n) is 1.36. The van der Waals surface area contributed by atoms with Crippen LogP contribution in [-0.2, 0) is 0 Å². The Hall–Kier alpha value is -2.55. The first kappa shape index (κ1) is 12.9. The van der Waals surface area contributed by atoms with Crippen LogP contribution in [0.3, 0.4) is 0 Å². The van der Waals surface area contributed by atoms with Crippen LogP contribution >= 0.6 is 0 Å². The van der Waals surface area contributed by atoms with Crippen molar-refractivity contribution in [3.05, 3.63) is 35.2 Å². The lowest BCUT2D eigenvalue weighted by molar-refractivity contribution is 0.102. The first-order valence-electron chi connectivity index (χ1n) is 5.08. The van der Waals surface area contributed by atoms with Gasteiger partial charge in [-0.2, -0.15) is 4.98 Å². The number of carbonyl (C=O) groups is 1. The Kier molecular flexibility index (Phi) is 3.38. The van der Waals surface area contributed by atoms with Gasteiger partial charge in [-0.25, -0.2) is 8.78 Å². The molecule has 100 valence electrons. The summed E-state index contributed by atoms with van der Waals surface area (Å²) in [7, 11) is 0. The third kappa shape index (κ3) is 2.65. The highest BCUT2D eigenvalue weighted by atomic mass is 19.1. The van der Waals surface area contributed by atoms with Crippen LogP contribution in [0.25, 0.3) is 0 Å². The van der Waals surface area contributed by atoms with Gasteiger partial charge in [0, 0.05) is 5.56 Å². The van der Waals surface area contributed by atoms with Gasteiger partial charge in [0.05, 0.1) is 0 Å². The molecule has 4 N–H and O–H groups in total. The van der Waals surface area contributed by atoms with Crippen molar-refractivity contribution in [1.82, 2.24) is 10.1 Å². The van der Waals surface area contributed by atoms with Crippen LogP contribution in [0.2, 0.25) is 0 Å². The predicted molar refractivity (Wildman–Crippen MR) is 61.2 cm³/mol. The van der Waals surface area contributed by atoms with E-state index in [1.807, 2.05) is 5.43 Å². The number of halogens is 2. The van der Waals surface area contributed by atoms with Crippen LogP contribution < -0.4 is 16.6 Å². The van der Waals surface area contributed by atoms with E-state index in [0.717, 1.165) is 12.1 Å². The van der Waals surface area contributed by atoms with Crippen LogP contribution in [0.1, 0.15) is 16.2 Å². The van der Waals surface area contributed by atoms with Crippen LogP contribution in [0, 0.1) is 18.6 Å². The van der Waals surface area contributed by atoms with Crippen molar-refractivity contribution in [3.63, 3.8) is 0 Å². The largest absolute Gasteiger partial charge is 0.328 e. The lowest BCUT2D eigenvalue weighted by Crippen LogP contribution is -2.15. The molecule has 1 aromatic carbocycles.